The second kappa shape index (κ2) is 5.80. The summed E-state index contributed by atoms with van der Waals surface area (Å²) < 4.78 is 1.07. The average molecular weight is 333 g/mol. The molecule has 0 amide bonds. The molecular formula is C15H13BrN2S. The van der Waals surface area contributed by atoms with Crippen molar-refractivity contribution >= 4 is 38.5 Å². The maximum atomic E-state index is 4.74. The second-order valence-electron chi connectivity index (χ2n) is 4.31. The number of rotatable bonds is 2. The molecule has 0 fully saturated rings. The van der Waals surface area contributed by atoms with Crippen molar-refractivity contribution in [1.29, 1.82) is 0 Å². The van der Waals surface area contributed by atoms with Crippen molar-refractivity contribution in [3.63, 3.8) is 0 Å². The first-order chi connectivity index (χ1) is 9.31. The number of amidine groups is 1. The van der Waals surface area contributed by atoms with Gasteiger partial charge in [-0.2, -0.15) is 0 Å². The maximum absolute atomic E-state index is 4.74. The van der Waals surface area contributed by atoms with Gasteiger partial charge in [-0.1, -0.05) is 64.1 Å². The highest BCUT2D eigenvalue weighted by atomic mass is 79.9. The highest BCUT2D eigenvalue weighted by Crippen LogP contribution is 2.31. The summed E-state index contributed by atoms with van der Waals surface area (Å²) in [6.45, 7) is 0. The molecular weight excluding hydrogens is 320 g/mol. The van der Waals surface area contributed by atoms with Crippen LogP contribution in [0.1, 0.15) is 11.6 Å². The van der Waals surface area contributed by atoms with Crippen molar-refractivity contribution in [2.45, 2.75) is 6.04 Å². The molecule has 0 saturated carbocycles. The van der Waals surface area contributed by atoms with Crippen molar-refractivity contribution in [1.82, 2.24) is 0 Å². The highest BCUT2D eigenvalue weighted by molar-refractivity contribution is 9.10. The van der Waals surface area contributed by atoms with Gasteiger partial charge in [0, 0.05) is 15.9 Å². The van der Waals surface area contributed by atoms with E-state index in [4.69, 9.17) is 4.99 Å². The Morgan fingerprint density at radius 2 is 1.95 bits per heavy atom. The third-order valence-corrected chi connectivity index (χ3v) is 4.37. The van der Waals surface area contributed by atoms with Crippen LogP contribution < -0.4 is 5.32 Å². The fraction of sp³-hybridized carbons (Fsp3) is 0.133. The Hall–Kier alpha value is -1.26. The minimum Gasteiger partial charge on any atom is -0.335 e. The molecule has 0 radical (unpaired) electrons. The number of aliphatic imine (C=N–C) groups is 1. The molecule has 0 aromatic heterocycles. The molecule has 19 heavy (non-hydrogen) atoms. The van der Waals surface area contributed by atoms with Crippen LogP contribution in [0.2, 0.25) is 0 Å². The van der Waals surface area contributed by atoms with E-state index in [0.717, 1.165) is 21.1 Å². The number of nitrogens with one attached hydrogen (secondary N) is 1. The number of nitrogens with zero attached hydrogens (tertiary/aromatic N) is 1. The third kappa shape index (κ3) is 3.19. The molecule has 2 aromatic carbocycles. The van der Waals surface area contributed by atoms with E-state index in [1.54, 1.807) is 11.8 Å². The molecule has 1 heterocycles. The molecule has 96 valence electrons. The Morgan fingerprint density at radius 1 is 1.11 bits per heavy atom. The Balaban J connectivity index is 1.74. The summed E-state index contributed by atoms with van der Waals surface area (Å²) in [5.41, 5.74) is 2.34. The molecule has 1 aliphatic rings. The van der Waals surface area contributed by atoms with Gasteiger partial charge in [-0.3, -0.25) is 4.99 Å². The zero-order valence-electron chi connectivity index (χ0n) is 10.2. The van der Waals surface area contributed by atoms with Crippen LogP contribution in [-0.4, -0.2) is 10.9 Å². The molecule has 1 atom stereocenters. The summed E-state index contributed by atoms with van der Waals surface area (Å²) in [4.78, 5) is 4.74. The van der Waals surface area contributed by atoms with Gasteiger partial charge in [-0.05, 0) is 23.8 Å². The van der Waals surface area contributed by atoms with Gasteiger partial charge in [0.2, 0.25) is 0 Å². The number of hydrogen-bond donors (Lipinski definition) is 1. The number of halogens is 1. The van der Waals surface area contributed by atoms with Crippen LogP contribution >= 0.6 is 27.7 Å². The van der Waals surface area contributed by atoms with Crippen LogP contribution in [0.5, 0.6) is 0 Å². The first-order valence-corrected chi connectivity index (χ1v) is 7.87. The zero-order valence-corrected chi connectivity index (χ0v) is 12.6. The minimum absolute atomic E-state index is 0.265. The predicted octanol–water partition coefficient (Wildman–Crippen LogP) is 4.71. The van der Waals surface area contributed by atoms with Crippen molar-refractivity contribution in [3.05, 3.63) is 64.6 Å². The van der Waals surface area contributed by atoms with Crippen LogP contribution in [-0.2, 0) is 0 Å². The summed E-state index contributed by atoms with van der Waals surface area (Å²) in [6, 6.07) is 18.8. The first-order valence-electron chi connectivity index (χ1n) is 6.09. The molecule has 1 unspecified atom stereocenters. The van der Waals surface area contributed by atoms with Gasteiger partial charge in [-0.25, -0.2) is 0 Å². The molecule has 0 saturated heterocycles. The highest BCUT2D eigenvalue weighted by Gasteiger charge is 2.19. The topological polar surface area (TPSA) is 24.4 Å². The SMILES string of the molecule is Brc1cccc(NC2=NC(c3ccccc3)CS2)c1. The van der Waals surface area contributed by atoms with E-state index in [2.05, 4.69) is 51.6 Å². The molecule has 2 aromatic rings. The predicted molar refractivity (Wildman–Crippen MR) is 86.8 cm³/mol. The van der Waals surface area contributed by atoms with Gasteiger partial charge < -0.3 is 5.32 Å². The lowest BCUT2D eigenvalue weighted by Gasteiger charge is -2.05. The standard InChI is InChI=1S/C15H13BrN2S/c16-12-7-4-8-13(9-12)17-15-18-14(10-19-15)11-5-2-1-3-6-11/h1-9,14H,10H2,(H,17,18). The van der Waals surface area contributed by atoms with E-state index in [1.165, 1.54) is 5.56 Å². The van der Waals surface area contributed by atoms with Crippen LogP contribution in [0.3, 0.4) is 0 Å². The number of hydrogen-bond acceptors (Lipinski definition) is 3. The molecule has 1 aliphatic heterocycles. The maximum Gasteiger partial charge on any atom is 0.161 e. The summed E-state index contributed by atoms with van der Waals surface area (Å²) in [7, 11) is 0. The van der Waals surface area contributed by atoms with E-state index < -0.39 is 0 Å². The van der Waals surface area contributed by atoms with Gasteiger partial charge in [0.25, 0.3) is 0 Å². The quantitative estimate of drug-likeness (QED) is 0.861. The lowest BCUT2D eigenvalue weighted by molar-refractivity contribution is 0.849. The molecule has 3 rings (SSSR count). The summed E-state index contributed by atoms with van der Waals surface area (Å²) >= 11 is 5.24. The van der Waals surface area contributed by atoms with Gasteiger partial charge in [0.1, 0.15) is 0 Å². The third-order valence-electron chi connectivity index (χ3n) is 2.91. The van der Waals surface area contributed by atoms with Gasteiger partial charge in [-0.15, -0.1) is 0 Å². The van der Waals surface area contributed by atoms with E-state index in [-0.39, 0.29) is 6.04 Å². The Kier molecular flexibility index (Phi) is 3.89. The lowest BCUT2D eigenvalue weighted by atomic mass is 10.1. The van der Waals surface area contributed by atoms with E-state index in [0.29, 0.717) is 0 Å². The fourth-order valence-corrected chi connectivity index (χ4v) is 3.35. The van der Waals surface area contributed by atoms with Crippen molar-refractivity contribution in [3.8, 4) is 0 Å². The van der Waals surface area contributed by atoms with Crippen molar-refractivity contribution < 1.29 is 0 Å². The molecule has 0 bridgehead atoms. The van der Waals surface area contributed by atoms with Crippen LogP contribution in [0, 0.1) is 0 Å². The summed E-state index contributed by atoms with van der Waals surface area (Å²) in [5.74, 6) is 1.00. The monoisotopic (exact) mass is 332 g/mol. The first kappa shape index (κ1) is 12.8. The van der Waals surface area contributed by atoms with E-state index >= 15 is 0 Å². The smallest absolute Gasteiger partial charge is 0.161 e. The second-order valence-corrected chi connectivity index (χ2v) is 6.23. The van der Waals surface area contributed by atoms with Crippen molar-refractivity contribution in [2.75, 3.05) is 11.1 Å². The van der Waals surface area contributed by atoms with Gasteiger partial charge >= 0.3 is 0 Å². The minimum atomic E-state index is 0.265. The average Bonchev–Trinajstić information content (AvgIpc) is 2.88. The number of benzene rings is 2. The molecule has 4 heteroatoms. The lowest BCUT2D eigenvalue weighted by Crippen LogP contribution is -2.04. The largest absolute Gasteiger partial charge is 0.335 e. The van der Waals surface area contributed by atoms with Gasteiger partial charge in [0.15, 0.2) is 5.17 Å². The zero-order chi connectivity index (χ0) is 13.1. The van der Waals surface area contributed by atoms with Crippen molar-refractivity contribution in [2.24, 2.45) is 4.99 Å². The molecule has 1 N–H and O–H groups in total. The Morgan fingerprint density at radius 3 is 2.74 bits per heavy atom. The Labute approximate surface area is 125 Å². The normalized spacial score (nSPS) is 18.2. The fourth-order valence-electron chi connectivity index (χ4n) is 1.98. The molecule has 0 spiro atoms. The molecule has 2 nitrogen and oxygen atoms in total. The Bertz CT molecular complexity index is 598. The number of anilines is 1. The number of thioether (sulfide) groups is 1. The summed E-state index contributed by atoms with van der Waals surface area (Å²) in [5, 5.41) is 4.36. The summed E-state index contributed by atoms with van der Waals surface area (Å²) in [6.07, 6.45) is 0. The van der Waals surface area contributed by atoms with Crippen LogP contribution in [0.15, 0.2) is 64.1 Å². The van der Waals surface area contributed by atoms with Crippen LogP contribution in [0.25, 0.3) is 0 Å². The van der Waals surface area contributed by atoms with Crippen LogP contribution in [0.4, 0.5) is 5.69 Å². The molecule has 0 aliphatic carbocycles. The van der Waals surface area contributed by atoms with E-state index in [9.17, 15) is 0 Å². The van der Waals surface area contributed by atoms with E-state index in [1.807, 2.05) is 24.3 Å². The van der Waals surface area contributed by atoms with Gasteiger partial charge in [0.05, 0.1) is 6.04 Å².